The summed E-state index contributed by atoms with van der Waals surface area (Å²) in [6.07, 6.45) is 7.99. The molecule has 110 valence electrons. The molecule has 2 rings (SSSR count). The van der Waals surface area contributed by atoms with Crippen LogP contribution >= 0.6 is 0 Å². The maximum atomic E-state index is 11.7. The van der Waals surface area contributed by atoms with Gasteiger partial charge in [-0.15, -0.1) is 0 Å². The van der Waals surface area contributed by atoms with Gasteiger partial charge in [-0.2, -0.15) is 0 Å². The minimum Gasteiger partial charge on any atom is -0.356 e. The first-order chi connectivity index (χ1) is 9.16. The van der Waals surface area contributed by atoms with Crippen molar-refractivity contribution in [1.82, 2.24) is 10.2 Å². The highest BCUT2D eigenvalue weighted by Gasteiger charge is 2.29. The fraction of sp³-hybridized carbons (Fsp3) is 0.933. The second kappa shape index (κ2) is 7.25. The molecule has 1 aliphatic heterocycles. The number of carbonyl (C=O) groups is 1. The van der Waals surface area contributed by atoms with Gasteiger partial charge in [-0.05, 0) is 51.5 Å². The molecule has 0 aromatic rings. The van der Waals surface area contributed by atoms with Crippen molar-refractivity contribution in [2.75, 3.05) is 19.6 Å². The number of amides is 1. The van der Waals surface area contributed by atoms with Gasteiger partial charge >= 0.3 is 0 Å². The fourth-order valence-electron chi connectivity index (χ4n) is 2.98. The van der Waals surface area contributed by atoms with Crippen LogP contribution in [-0.4, -0.2) is 42.5 Å². The highest BCUT2D eigenvalue weighted by atomic mass is 16.1. The van der Waals surface area contributed by atoms with Crippen molar-refractivity contribution in [2.24, 2.45) is 11.7 Å². The summed E-state index contributed by atoms with van der Waals surface area (Å²) in [5, 5.41) is 3.01. The summed E-state index contributed by atoms with van der Waals surface area (Å²) in [5.41, 5.74) is 5.95. The molecule has 1 saturated heterocycles. The van der Waals surface area contributed by atoms with Gasteiger partial charge in [-0.1, -0.05) is 6.42 Å². The van der Waals surface area contributed by atoms with Crippen molar-refractivity contribution in [1.29, 1.82) is 0 Å². The van der Waals surface area contributed by atoms with Gasteiger partial charge in [0.15, 0.2) is 0 Å². The Balaban J connectivity index is 1.52. The van der Waals surface area contributed by atoms with E-state index in [1.54, 1.807) is 0 Å². The first-order valence-corrected chi connectivity index (χ1v) is 7.93. The number of hydrogen-bond donors (Lipinski definition) is 2. The summed E-state index contributed by atoms with van der Waals surface area (Å²) in [6, 6.07) is 0.801. The van der Waals surface area contributed by atoms with Crippen LogP contribution in [0.4, 0.5) is 0 Å². The number of nitrogens with two attached hydrogens (primary N) is 1. The third-order valence-corrected chi connectivity index (χ3v) is 4.53. The predicted molar refractivity (Wildman–Crippen MR) is 77.8 cm³/mol. The summed E-state index contributed by atoms with van der Waals surface area (Å²) in [7, 11) is 0. The predicted octanol–water partition coefficient (Wildman–Crippen LogP) is 1.49. The second-order valence-electron chi connectivity index (χ2n) is 6.29. The van der Waals surface area contributed by atoms with Crippen LogP contribution in [0.2, 0.25) is 0 Å². The van der Waals surface area contributed by atoms with E-state index in [4.69, 9.17) is 5.73 Å². The largest absolute Gasteiger partial charge is 0.356 e. The van der Waals surface area contributed by atoms with Gasteiger partial charge in [0.25, 0.3) is 0 Å². The minimum absolute atomic E-state index is 0.0853. The molecule has 0 spiro atoms. The van der Waals surface area contributed by atoms with E-state index in [1.165, 1.54) is 38.6 Å². The molecule has 2 fully saturated rings. The lowest BCUT2D eigenvalue weighted by Gasteiger charge is -2.33. The molecule has 0 bridgehead atoms. The van der Waals surface area contributed by atoms with Crippen molar-refractivity contribution in [3.8, 4) is 0 Å². The van der Waals surface area contributed by atoms with Gasteiger partial charge in [0.1, 0.15) is 0 Å². The summed E-state index contributed by atoms with van der Waals surface area (Å²) < 4.78 is 0. The zero-order chi connectivity index (χ0) is 13.7. The number of nitrogens with zero attached hydrogens (tertiary/aromatic N) is 1. The molecule has 2 aliphatic rings. The van der Waals surface area contributed by atoms with E-state index in [1.807, 2.05) is 0 Å². The third kappa shape index (κ3) is 5.11. The van der Waals surface area contributed by atoms with Gasteiger partial charge < -0.3 is 16.0 Å². The van der Waals surface area contributed by atoms with Gasteiger partial charge in [0, 0.05) is 31.6 Å². The first kappa shape index (κ1) is 14.8. The van der Waals surface area contributed by atoms with Crippen LogP contribution in [0.25, 0.3) is 0 Å². The summed E-state index contributed by atoms with van der Waals surface area (Å²) in [4.78, 5) is 14.2. The molecular weight excluding hydrogens is 238 g/mol. The molecule has 0 aromatic heterocycles. The molecule has 3 N–H and O–H groups in total. The van der Waals surface area contributed by atoms with Crippen molar-refractivity contribution < 1.29 is 4.79 Å². The Bertz CT molecular complexity index is 291. The van der Waals surface area contributed by atoms with E-state index in [0.717, 1.165) is 19.5 Å². The number of piperidine rings is 1. The fourth-order valence-corrected chi connectivity index (χ4v) is 2.98. The lowest BCUT2D eigenvalue weighted by molar-refractivity contribution is -0.121. The van der Waals surface area contributed by atoms with E-state index in [-0.39, 0.29) is 11.9 Å². The molecule has 1 amide bonds. The molecule has 1 saturated carbocycles. The summed E-state index contributed by atoms with van der Waals surface area (Å²) in [5.74, 6) is 0.742. The number of hydrogen-bond acceptors (Lipinski definition) is 3. The monoisotopic (exact) mass is 267 g/mol. The van der Waals surface area contributed by atoms with Crippen LogP contribution in [0, 0.1) is 5.92 Å². The molecule has 0 aromatic carbocycles. The average molecular weight is 267 g/mol. The Labute approximate surface area is 117 Å². The average Bonchev–Trinajstić information content (AvgIpc) is 3.20. The van der Waals surface area contributed by atoms with Crippen LogP contribution in [0.3, 0.4) is 0 Å². The lowest BCUT2D eigenvalue weighted by Crippen LogP contribution is -2.39. The maximum Gasteiger partial charge on any atom is 0.221 e. The number of rotatable bonds is 7. The van der Waals surface area contributed by atoms with E-state index in [2.05, 4.69) is 17.1 Å². The van der Waals surface area contributed by atoms with Gasteiger partial charge in [0.2, 0.25) is 5.91 Å². The van der Waals surface area contributed by atoms with E-state index >= 15 is 0 Å². The normalized spacial score (nSPS) is 26.1. The smallest absolute Gasteiger partial charge is 0.221 e. The highest BCUT2D eigenvalue weighted by molar-refractivity contribution is 5.76. The summed E-state index contributed by atoms with van der Waals surface area (Å²) >= 11 is 0. The van der Waals surface area contributed by atoms with Crippen molar-refractivity contribution in [3.63, 3.8) is 0 Å². The standard InChI is InChI=1S/C15H29N3O/c1-12-5-2-3-9-18(12)10-4-8-17-15(19)11-14(16)13-6-7-13/h12-14H,2-11,16H2,1H3,(H,17,19). The Kier molecular flexibility index (Phi) is 5.64. The molecule has 19 heavy (non-hydrogen) atoms. The van der Waals surface area contributed by atoms with E-state index in [9.17, 15) is 4.79 Å². The van der Waals surface area contributed by atoms with Crippen LogP contribution in [0.5, 0.6) is 0 Å². The quantitative estimate of drug-likeness (QED) is 0.687. The third-order valence-electron chi connectivity index (χ3n) is 4.53. The van der Waals surface area contributed by atoms with E-state index in [0.29, 0.717) is 18.4 Å². The molecule has 4 heteroatoms. The Morgan fingerprint density at radius 1 is 1.37 bits per heavy atom. The SMILES string of the molecule is CC1CCCCN1CCCNC(=O)CC(N)C1CC1. The van der Waals surface area contributed by atoms with Crippen LogP contribution < -0.4 is 11.1 Å². The number of nitrogens with one attached hydrogen (secondary N) is 1. The van der Waals surface area contributed by atoms with Crippen molar-refractivity contribution >= 4 is 5.91 Å². The Hall–Kier alpha value is -0.610. The Morgan fingerprint density at radius 2 is 2.16 bits per heavy atom. The molecule has 4 nitrogen and oxygen atoms in total. The minimum atomic E-state index is 0.0853. The van der Waals surface area contributed by atoms with Crippen molar-refractivity contribution in [2.45, 2.75) is 64.0 Å². The van der Waals surface area contributed by atoms with Crippen molar-refractivity contribution in [3.05, 3.63) is 0 Å². The first-order valence-electron chi connectivity index (χ1n) is 7.93. The lowest BCUT2D eigenvalue weighted by atomic mass is 10.0. The maximum absolute atomic E-state index is 11.7. The molecule has 2 unspecified atom stereocenters. The molecule has 1 aliphatic carbocycles. The molecule has 1 heterocycles. The zero-order valence-electron chi connectivity index (χ0n) is 12.2. The molecule has 2 atom stereocenters. The van der Waals surface area contributed by atoms with Crippen LogP contribution in [-0.2, 0) is 4.79 Å². The van der Waals surface area contributed by atoms with Crippen LogP contribution in [0.1, 0.15) is 51.9 Å². The topological polar surface area (TPSA) is 58.4 Å². The highest BCUT2D eigenvalue weighted by Crippen LogP contribution is 2.32. The van der Waals surface area contributed by atoms with E-state index < -0.39 is 0 Å². The number of carbonyl (C=O) groups excluding carboxylic acids is 1. The zero-order valence-corrected chi connectivity index (χ0v) is 12.2. The van der Waals surface area contributed by atoms with Crippen LogP contribution in [0.15, 0.2) is 0 Å². The van der Waals surface area contributed by atoms with Gasteiger partial charge in [-0.25, -0.2) is 0 Å². The van der Waals surface area contributed by atoms with Gasteiger partial charge in [-0.3, -0.25) is 4.79 Å². The molecule has 0 radical (unpaired) electrons. The Morgan fingerprint density at radius 3 is 2.84 bits per heavy atom. The second-order valence-corrected chi connectivity index (χ2v) is 6.29. The number of likely N-dealkylation sites (tertiary alicyclic amines) is 1. The molecular formula is C15H29N3O. The van der Waals surface area contributed by atoms with Gasteiger partial charge in [0.05, 0.1) is 0 Å². The summed E-state index contributed by atoms with van der Waals surface area (Å²) in [6.45, 7) is 5.43.